The van der Waals surface area contributed by atoms with Gasteiger partial charge < -0.3 is 14.6 Å². The largest absolute Gasteiger partial charge is 0.394 e. The van der Waals surface area contributed by atoms with Gasteiger partial charge in [-0.15, -0.1) is 0 Å². The third-order valence-corrected chi connectivity index (χ3v) is 2.90. The molecular weight excluding hydrogens is 204 g/mol. The third-order valence-electron chi connectivity index (χ3n) is 2.90. The van der Waals surface area contributed by atoms with E-state index in [9.17, 15) is 0 Å². The number of aliphatic hydroxyl groups excluding tert-OH is 1. The number of benzene rings is 1. The number of ether oxygens (including phenoxy) is 2. The zero-order valence-electron chi connectivity index (χ0n) is 9.56. The minimum atomic E-state index is -0.538. The van der Waals surface area contributed by atoms with Crippen molar-refractivity contribution in [2.24, 2.45) is 0 Å². The Hall–Kier alpha value is -0.900. The van der Waals surface area contributed by atoms with E-state index in [1.165, 1.54) is 5.56 Å². The molecule has 1 aliphatic heterocycles. The second kappa shape index (κ2) is 4.95. The summed E-state index contributed by atoms with van der Waals surface area (Å²) < 4.78 is 11.2. The Labute approximate surface area is 96.0 Å². The van der Waals surface area contributed by atoms with Crippen molar-refractivity contribution in [3.8, 4) is 0 Å². The summed E-state index contributed by atoms with van der Waals surface area (Å²) >= 11 is 0. The van der Waals surface area contributed by atoms with Crippen molar-refractivity contribution in [1.82, 2.24) is 0 Å². The van der Waals surface area contributed by atoms with Crippen LogP contribution in [0.4, 0.5) is 0 Å². The second-order valence-electron chi connectivity index (χ2n) is 4.35. The highest BCUT2D eigenvalue weighted by atomic mass is 16.7. The molecule has 2 atom stereocenters. The molecule has 1 heterocycles. The van der Waals surface area contributed by atoms with Gasteiger partial charge in [-0.05, 0) is 18.9 Å². The quantitative estimate of drug-likeness (QED) is 0.843. The van der Waals surface area contributed by atoms with E-state index in [4.69, 9.17) is 14.6 Å². The molecule has 1 saturated heterocycles. The fourth-order valence-electron chi connectivity index (χ4n) is 1.93. The Balaban J connectivity index is 1.86. The first kappa shape index (κ1) is 11.6. The molecule has 88 valence electrons. The third kappa shape index (κ3) is 2.82. The summed E-state index contributed by atoms with van der Waals surface area (Å²) in [5.41, 5.74) is 1.28. The molecule has 3 nitrogen and oxygen atoms in total. The van der Waals surface area contributed by atoms with Gasteiger partial charge in [0.25, 0.3) is 0 Å². The average molecular weight is 222 g/mol. The predicted octanol–water partition coefficient (Wildman–Crippen LogP) is 1.74. The molecule has 3 heteroatoms. The molecule has 2 unspecified atom stereocenters. The van der Waals surface area contributed by atoms with Crippen LogP contribution in [0.3, 0.4) is 0 Å². The molecule has 16 heavy (non-hydrogen) atoms. The zero-order valence-corrected chi connectivity index (χ0v) is 9.56. The standard InChI is InChI=1S/C13H18O3/c1-13(15-10-12(9-14)16-13)8-7-11-5-3-2-4-6-11/h2-6,12,14H,7-10H2,1H3. The van der Waals surface area contributed by atoms with Gasteiger partial charge in [0.15, 0.2) is 5.79 Å². The number of aryl methyl sites for hydroxylation is 1. The van der Waals surface area contributed by atoms with E-state index < -0.39 is 5.79 Å². The molecule has 0 saturated carbocycles. The molecule has 1 aromatic carbocycles. The van der Waals surface area contributed by atoms with Crippen molar-refractivity contribution < 1.29 is 14.6 Å². The summed E-state index contributed by atoms with van der Waals surface area (Å²) in [5, 5.41) is 8.98. The summed E-state index contributed by atoms with van der Waals surface area (Å²) in [6.45, 7) is 2.45. The number of rotatable bonds is 4. The van der Waals surface area contributed by atoms with Gasteiger partial charge in [0, 0.05) is 6.42 Å². The molecule has 0 amide bonds. The van der Waals surface area contributed by atoms with Crippen molar-refractivity contribution >= 4 is 0 Å². The molecule has 0 spiro atoms. The Morgan fingerprint density at radius 1 is 1.38 bits per heavy atom. The van der Waals surface area contributed by atoms with Gasteiger partial charge in [-0.1, -0.05) is 30.3 Å². The number of hydrogen-bond acceptors (Lipinski definition) is 3. The highest BCUT2D eigenvalue weighted by Crippen LogP contribution is 2.27. The molecule has 1 fully saturated rings. The van der Waals surface area contributed by atoms with Crippen LogP contribution in [0.25, 0.3) is 0 Å². The van der Waals surface area contributed by atoms with E-state index in [1.54, 1.807) is 0 Å². The Bertz CT molecular complexity index is 325. The SMILES string of the molecule is CC1(CCc2ccccc2)OCC(CO)O1. The Kier molecular flexibility index (Phi) is 3.59. The van der Waals surface area contributed by atoms with Crippen LogP contribution >= 0.6 is 0 Å². The van der Waals surface area contributed by atoms with Crippen LogP contribution < -0.4 is 0 Å². The van der Waals surface area contributed by atoms with E-state index in [0.717, 1.165) is 12.8 Å². The van der Waals surface area contributed by atoms with Gasteiger partial charge in [-0.25, -0.2) is 0 Å². The highest BCUT2D eigenvalue weighted by molar-refractivity contribution is 5.14. The van der Waals surface area contributed by atoms with E-state index in [0.29, 0.717) is 6.61 Å². The first-order valence-corrected chi connectivity index (χ1v) is 5.68. The fraction of sp³-hybridized carbons (Fsp3) is 0.538. The van der Waals surface area contributed by atoms with Crippen molar-refractivity contribution in [3.05, 3.63) is 35.9 Å². The lowest BCUT2D eigenvalue weighted by Crippen LogP contribution is -2.28. The zero-order chi connectivity index (χ0) is 11.4. The summed E-state index contributed by atoms with van der Waals surface area (Å²) in [6.07, 6.45) is 1.57. The molecular formula is C13H18O3. The molecule has 1 aromatic rings. The minimum absolute atomic E-state index is 0.0287. The normalized spacial score (nSPS) is 29.5. The minimum Gasteiger partial charge on any atom is -0.394 e. The van der Waals surface area contributed by atoms with Gasteiger partial charge in [-0.3, -0.25) is 0 Å². The van der Waals surface area contributed by atoms with E-state index in [1.807, 2.05) is 25.1 Å². The Morgan fingerprint density at radius 2 is 2.12 bits per heavy atom. The fourth-order valence-corrected chi connectivity index (χ4v) is 1.93. The molecule has 0 aliphatic carbocycles. The van der Waals surface area contributed by atoms with Crippen LogP contribution in [-0.4, -0.2) is 30.2 Å². The first-order chi connectivity index (χ1) is 7.72. The van der Waals surface area contributed by atoms with E-state index in [-0.39, 0.29) is 12.7 Å². The monoisotopic (exact) mass is 222 g/mol. The maximum absolute atomic E-state index is 8.98. The van der Waals surface area contributed by atoms with Crippen LogP contribution in [0.2, 0.25) is 0 Å². The molecule has 1 aliphatic rings. The molecule has 0 bridgehead atoms. The van der Waals surface area contributed by atoms with E-state index >= 15 is 0 Å². The summed E-state index contributed by atoms with van der Waals surface area (Å²) in [6, 6.07) is 10.3. The van der Waals surface area contributed by atoms with Gasteiger partial charge in [-0.2, -0.15) is 0 Å². The first-order valence-electron chi connectivity index (χ1n) is 5.68. The molecule has 1 N–H and O–H groups in total. The van der Waals surface area contributed by atoms with Crippen LogP contribution in [0.5, 0.6) is 0 Å². The van der Waals surface area contributed by atoms with Gasteiger partial charge >= 0.3 is 0 Å². The molecule has 0 radical (unpaired) electrons. The second-order valence-corrected chi connectivity index (χ2v) is 4.35. The number of aliphatic hydroxyl groups is 1. The molecule has 0 aromatic heterocycles. The lowest BCUT2D eigenvalue weighted by atomic mass is 10.1. The predicted molar refractivity (Wildman–Crippen MR) is 61.1 cm³/mol. The lowest BCUT2D eigenvalue weighted by molar-refractivity contribution is -0.161. The van der Waals surface area contributed by atoms with Crippen molar-refractivity contribution in [3.63, 3.8) is 0 Å². The van der Waals surface area contributed by atoms with Crippen LogP contribution in [-0.2, 0) is 15.9 Å². The summed E-state index contributed by atoms with van der Waals surface area (Å²) in [5.74, 6) is -0.538. The van der Waals surface area contributed by atoms with Gasteiger partial charge in [0.2, 0.25) is 0 Å². The summed E-state index contributed by atoms with van der Waals surface area (Å²) in [7, 11) is 0. The van der Waals surface area contributed by atoms with Gasteiger partial charge in [0.1, 0.15) is 6.10 Å². The maximum Gasteiger partial charge on any atom is 0.166 e. The topological polar surface area (TPSA) is 38.7 Å². The number of hydrogen-bond donors (Lipinski definition) is 1. The van der Waals surface area contributed by atoms with Crippen molar-refractivity contribution in [2.75, 3.05) is 13.2 Å². The van der Waals surface area contributed by atoms with Crippen LogP contribution in [0.1, 0.15) is 18.9 Å². The Morgan fingerprint density at radius 3 is 2.75 bits per heavy atom. The lowest BCUT2D eigenvalue weighted by Gasteiger charge is -2.23. The highest BCUT2D eigenvalue weighted by Gasteiger charge is 2.36. The maximum atomic E-state index is 8.98. The van der Waals surface area contributed by atoms with Crippen molar-refractivity contribution in [1.29, 1.82) is 0 Å². The molecule has 2 rings (SSSR count). The average Bonchev–Trinajstić information content (AvgIpc) is 2.71. The van der Waals surface area contributed by atoms with Crippen LogP contribution in [0.15, 0.2) is 30.3 Å². The summed E-state index contributed by atoms with van der Waals surface area (Å²) in [4.78, 5) is 0. The smallest absolute Gasteiger partial charge is 0.166 e. The van der Waals surface area contributed by atoms with Gasteiger partial charge in [0.05, 0.1) is 13.2 Å². The van der Waals surface area contributed by atoms with Crippen LogP contribution in [0, 0.1) is 0 Å². The van der Waals surface area contributed by atoms with Crippen molar-refractivity contribution in [2.45, 2.75) is 31.7 Å². The van der Waals surface area contributed by atoms with E-state index in [2.05, 4.69) is 12.1 Å².